The number of amides is 1. The lowest BCUT2D eigenvalue weighted by atomic mass is 10.2. The number of benzene rings is 1. The van der Waals surface area contributed by atoms with Crippen LogP contribution in [0.25, 0.3) is 0 Å². The van der Waals surface area contributed by atoms with Crippen molar-refractivity contribution in [3.63, 3.8) is 0 Å². The maximum absolute atomic E-state index is 11.9. The Bertz CT molecular complexity index is 569. The van der Waals surface area contributed by atoms with E-state index < -0.39 is 9.84 Å². The fraction of sp³-hybridized carbons (Fsp3) is 0.417. The van der Waals surface area contributed by atoms with Crippen LogP contribution in [0.5, 0.6) is 0 Å². The normalized spacial score (nSPS) is 13.0. The van der Waals surface area contributed by atoms with Gasteiger partial charge in [-0.2, -0.15) is 0 Å². The zero-order valence-corrected chi connectivity index (χ0v) is 12.0. The Morgan fingerprint density at radius 1 is 1.42 bits per heavy atom. The highest BCUT2D eigenvalue weighted by atomic mass is 32.2. The van der Waals surface area contributed by atoms with Gasteiger partial charge in [-0.05, 0) is 25.1 Å². The van der Waals surface area contributed by atoms with Crippen molar-refractivity contribution in [3.05, 3.63) is 23.8 Å². The standard InChI is InChI=1S/C12H18N2O4S/c1-8(18-2)7-14-12(15)9-4-10(13)6-11(5-9)19(3,16)17/h4-6,8H,7,13H2,1-3H3,(H,14,15). The van der Waals surface area contributed by atoms with Crippen molar-refractivity contribution in [1.82, 2.24) is 5.32 Å². The molecule has 1 aromatic rings. The molecule has 0 saturated heterocycles. The third kappa shape index (κ3) is 4.53. The van der Waals surface area contributed by atoms with E-state index in [-0.39, 0.29) is 28.2 Å². The van der Waals surface area contributed by atoms with E-state index >= 15 is 0 Å². The van der Waals surface area contributed by atoms with Crippen LogP contribution >= 0.6 is 0 Å². The summed E-state index contributed by atoms with van der Waals surface area (Å²) in [6.45, 7) is 2.14. The molecule has 1 aromatic carbocycles. The van der Waals surface area contributed by atoms with E-state index in [0.29, 0.717) is 6.54 Å². The number of ether oxygens (including phenoxy) is 1. The Labute approximate surface area is 112 Å². The van der Waals surface area contributed by atoms with Crippen LogP contribution < -0.4 is 11.1 Å². The van der Waals surface area contributed by atoms with Crippen molar-refractivity contribution in [2.45, 2.75) is 17.9 Å². The second-order valence-electron chi connectivity index (χ2n) is 4.32. The highest BCUT2D eigenvalue weighted by Crippen LogP contribution is 2.16. The minimum absolute atomic E-state index is 0.0254. The number of carbonyl (C=O) groups excluding carboxylic acids is 1. The second-order valence-corrected chi connectivity index (χ2v) is 6.33. The number of sulfone groups is 1. The fourth-order valence-corrected chi connectivity index (χ4v) is 2.08. The number of methoxy groups -OCH3 is 1. The number of anilines is 1. The van der Waals surface area contributed by atoms with Gasteiger partial charge >= 0.3 is 0 Å². The summed E-state index contributed by atoms with van der Waals surface area (Å²) in [6.07, 6.45) is 0.940. The molecule has 106 valence electrons. The molecule has 0 aliphatic heterocycles. The minimum Gasteiger partial charge on any atom is -0.399 e. The third-order valence-corrected chi connectivity index (χ3v) is 3.66. The molecule has 1 rings (SSSR count). The van der Waals surface area contributed by atoms with Crippen molar-refractivity contribution < 1.29 is 17.9 Å². The average molecular weight is 286 g/mol. The summed E-state index contributed by atoms with van der Waals surface area (Å²) in [4.78, 5) is 11.9. The molecule has 1 amide bonds. The van der Waals surface area contributed by atoms with Gasteiger partial charge in [0.05, 0.1) is 11.0 Å². The zero-order chi connectivity index (χ0) is 14.6. The summed E-state index contributed by atoms with van der Waals surface area (Å²) in [5.41, 5.74) is 6.05. The summed E-state index contributed by atoms with van der Waals surface area (Å²) in [7, 11) is -1.86. The van der Waals surface area contributed by atoms with Gasteiger partial charge in [0.1, 0.15) is 0 Å². The van der Waals surface area contributed by atoms with Crippen LogP contribution in [-0.2, 0) is 14.6 Å². The van der Waals surface area contributed by atoms with E-state index in [1.54, 1.807) is 7.11 Å². The molecule has 0 saturated carbocycles. The molecule has 0 aromatic heterocycles. The number of hydrogen-bond acceptors (Lipinski definition) is 5. The predicted octanol–water partition coefficient (Wildman–Crippen LogP) is 0.437. The Hall–Kier alpha value is -1.60. The van der Waals surface area contributed by atoms with E-state index in [1.165, 1.54) is 18.2 Å². The van der Waals surface area contributed by atoms with Gasteiger partial charge in [-0.15, -0.1) is 0 Å². The van der Waals surface area contributed by atoms with Gasteiger partial charge in [-0.25, -0.2) is 8.42 Å². The summed E-state index contributed by atoms with van der Waals surface area (Å²) in [6, 6.07) is 4.06. The first-order valence-electron chi connectivity index (χ1n) is 5.65. The number of nitrogens with two attached hydrogens (primary N) is 1. The van der Waals surface area contributed by atoms with Gasteiger partial charge in [0.15, 0.2) is 9.84 Å². The van der Waals surface area contributed by atoms with E-state index in [1.807, 2.05) is 6.92 Å². The molecule has 7 heteroatoms. The Kier molecular flexibility index (Phi) is 4.90. The number of hydrogen-bond donors (Lipinski definition) is 2. The molecule has 0 aliphatic carbocycles. The first-order chi connectivity index (χ1) is 8.74. The molecule has 19 heavy (non-hydrogen) atoms. The van der Waals surface area contributed by atoms with Crippen molar-refractivity contribution in [1.29, 1.82) is 0 Å². The molecule has 0 spiro atoms. The third-order valence-electron chi connectivity index (χ3n) is 2.57. The zero-order valence-electron chi connectivity index (χ0n) is 11.1. The van der Waals surface area contributed by atoms with Crippen LogP contribution in [0.3, 0.4) is 0 Å². The van der Waals surface area contributed by atoms with Crippen LogP contribution in [0.15, 0.2) is 23.1 Å². The van der Waals surface area contributed by atoms with E-state index in [9.17, 15) is 13.2 Å². The van der Waals surface area contributed by atoms with Crippen molar-refractivity contribution in [2.24, 2.45) is 0 Å². The number of nitrogens with one attached hydrogen (secondary N) is 1. The molecule has 0 fully saturated rings. The number of nitrogen functional groups attached to an aromatic ring is 1. The topological polar surface area (TPSA) is 98.5 Å². The quantitative estimate of drug-likeness (QED) is 0.765. The molecule has 0 heterocycles. The van der Waals surface area contributed by atoms with Crippen LogP contribution in [0.2, 0.25) is 0 Å². The number of carbonyl (C=O) groups is 1. The molecule has 3 N–H and O–H groups in total. The van der Waals surface area contributed by atoms with Gasteiger partial charge in [0.2, 0.25) is 0 Å². The number of rotatable bonds is 5. The highest BCUT2D eigenvalue weighted by Gasteiger charge is 2.14. The molecule has 6 nitrogen and oxygen atoms in total. The van der Waals surface area contributed by atoms with E-state index in [2.05, 4.69) is 5.32 Å². The minimum atomic E-state index is -3.40. The largest absolute Gasteiger partial charge is 0.399 e. The second kappa shape index (κ2) is 6.03. The van der Waals surface area contributed by atoms with E-state index in [0.717, 1.165) is 6.26 Å². The summed E-state index contributed by atoms with van der Waals surface area (Å²) >= 11 is 0. The lowest BCUT2D eigenvalue weighted by Gasteiger charge is -2.11. The molecule has 1 atom stereocenters. The van der Waals surface area contributed by atoms with Crippen molar-refractivity contribution >= 4 is 21.4 Å². The monoisotopic (exact) mass is 286 g/mol. The van der Waals surface area contributed by atoms with Crippen molar-refractivity contribution in [3.8, 4) is 0 Å². The first-order valence-corrected chi connectivity index (χ1v) is 7.55. The van der Waals surface area contributed by atoms with Crippen LogP contribution in [0.4, 0.5) is 5.69 Å². The van der Waals surface area contributed by atoms with Crippen molar-refractivity contribution in [2.75, 3.05) is 25.6 Å². The lowest BCUT2D eigenvalue weighted by molar-refractivity contribution is 0.0870. The molecular weight excluding hydrogens is 268 g/mol. The molecule has 0 aliphatic rings. The van der Waals surface area contributed by atoms with Gasteiger partial charge in [-0.3, -0.25) is 4.79 Å². The molecule has 0 radical (unpaired) electrons. The van der Waals surface area contributed by atoms with Gasteiger partial charge in [0.25, 0.3) is 5.91 Å². The first kappa shape index (κ1) is 15.5. The Morgan fingerprint density at radius 3 is 2.58 bits per heavy atom. The smallest absolute Gasteiger partial charge is 0.251 e. The summed E-state index contributed by atoms with van der Waals surface area (Å²) < 4.78 is 27.9. The van der Waals surface area contributed by atoms with Crippen LogP contribution in [0.1, 0.15) is 17.3 Å². The van der Waals surface area contributed by atoms with E-state index in [4.69, 9.17) is 10.5 Å². The lowest BCUT2D eigenvalue weighted by Crippen LogP contribution is -2.31. The van der Waals surface area contributed by atoms with Gasteiger partial charge < -0.3 is 15.8 Å². The highest BCUT2D eigenvalue weighted by molar-refractivity contribution is 7.90. The predicted molar refractivity (Wildman–Crippen MR) is 72.8 cm³/mol. The molecular formula is C12H18N2O4S. The molecule has 1 unspecified atom stereocenters. The summed E-state index contributed by atoms with van der Waals surface area (Å²) in [5.74, 6) is -0.388. The fourth-order valence-electron chi connectivity index (χ4n) is 1.39. The maximum Gasteiger partial charge on any atom is 0.251 e. The SMILES string of the molecule is COC(C)CNC(=O)c1cc(N)cc(S(C)(=O)=O)c1. The Morgan fingerprint density at radius 2 is 2.05 bits per heavy atom. The average Bonchev–Trinajstić information content (AvgIpc) is 2.33. The van der Waals surface area contributed by atoms with Crippen LogP contribution in [0, 0.1) is 0 Å². The van der Waals surface area contributed by atoms with Gasteiger partial charge in [-0.1, -0.05) is 0 Å². The molecule has 0 bridgehead atoms. The maximum atomic E-state index is 11.9. The van der Waals surface area contributed by atoms with Gasteiger partial charge in [0, 0.05) is 31.2 Å². The summed E-state index contributed by atoms with van der Waals surface area (Å²) in [5, 5.41) is 2.64. The van der Waals surface area contributed by atoms with Crippen LogP contribution in [-0.4, -0.2) is 40.3 Å². The Balaban J connectivity index is 2.95.